The van der Waals surface area contributed by atoms with E-state index in [9.17, 15) is 5.11 Å². The molecule has 0 unspecified atom stereocenters. The molecular weight excluding hydrogens is 412 g/mol. The van der Waals surface area contributed by atoms with E-state index in [1.165, 1.54) is 0 Å². The molecule has 1 aromatic heterocycles. The van der Waals surface area contributed by atoms with Crippen LogP contribution < -0.4 is 14.5 Å². The van der Waals surface area contributed by atoms with E-state index in [1.807, 2.05) is 58.1 Å². The van der Waals surface area contributed by atoms with Gasteiger partial charge in [0, 0.05) is 56.8 Å². The van der Waals surface area contributed by atoms with Crippen LogP contribution in [0.3, 0.4) is 0 Å². The summed E-state index contributed by atoms with van der Waals surface area (Å²) in [5, 5.41) is 10.2. The molecule has 6 nitrogen and oxygen atoms in total. The van der Waals surface area contributed by atoms with Gasteiger partial charge in [0.15, 0.2) is 11.5 Å². The normalized spacial score (nSPS) is 10.8. The maximum absolute atomic E-state index is 10.2. The lowest BCUT2D eigenvalue weighted by Gasteiger charge is -2.16. The number of benzene rings is 3. The van der Waals surface area contributed by atoms with Gasteiger partial charge in [-0.05, 0) is 43.3 Å². The Morgan fingerprint density at radius 2 is 1.39 bits per heavy atom. The van der Waals surface area contributed by atoms with E-state index in [2.05, 4.69) is 58.3 Å². The van der Waals surface area contributed by atoms with Gasteiger partial charge in [-0.15, -0.1) is 0 Å². The molecule has 0 fully saturated rings. The summed E-state index contributed by atoms with van der Waals surface area (Å²) < 4.78 is 7.66. The van der Waals surface area contributed by atoms with Gasteiger partial charge in [-0.2, -0.15) is 0 Å². The molecule has 0 aliphatic rings. The van der Waals surface area contributed by atoms with Crippen LogP contribution in [0.5, 0.6) is 11.5 Å². The molecule has 0 amide bonds. The van der Waals surface area contributed by atoms with Gasteiger partial charge in [0.25, 0.3) is 0 Å². The van der Waals surface area contributed by atoms with Crippen molar-refractivity contribution in [2.75, 3.05) is 44.6 Å². The van der Waals surface area contributed by atoms with E-state index in [0.29, 0.717) is 12.4 Å². The Labute approximate surface area is 195 Å². The minimum absolute atomic E-state index is 0.122. The van der Waals surface area contributed by atoms with Crippen LogP contribution in [0.2, 0.25) is 0 Å². The summed E-state index contributed by atoms with van der Waals surface area (Å²) in [6.07, 6.45) is 1.83. The summed E-state index contributed by atoms with van der Waals surface area (Å²) >= 11 is 0. The van der Waals surface area contributed by atoms with Gasteiger partial charge in [-0.3, -0.25) is 4.57 Å². The van der Waals surface area contributed by atoms with Crippen molar-refractivity contribution in [2.24, 2.45) is 0 Å². The predicted octanol–water partition coefficient (Wildman–Crippen LogP) is 5.44. The molecule has 0 radical (unpaired) electrons. The molecule has 3 aromatic carbocycles. The molecule has 170 valence electrons. The molecule has 0 atom stereocenters. The van der Waals surface area contributed by atoms with Crippen molar-refractivity contribution in [3.05, 3.63) is 73.1 Å². The first-order chi connectivity index (χ1) is 15.9. The average molecular weight is 443 g/mol. The second-order valence-corrected chi connectivity index (χ2v) is 8.28. The highest BCUT2D eigenvalue weighted by Crippen LogP contribution is 2.36. The molecule has 0 aliphatic carbocycles. The third kappa shape index (κ3) is 4.51. The second kappa shape index (κ2) is 9.28. The van der Waals surface area contributed by atoms with Crippen molar-refractivity contribution in [3.63, 3.8) is 0 Å². The fourth-order valence-electron chi connectivity index (χ4n) is 3.79. The molecule has 1 heterocycles. The van der Waals surface area contributed by atoms with Gasteiger partial charge >= 0.3 is 0 Å². The number of aromatic hydroxyl groups is 1. The number of anilines is 2. The summed E-state index contributed by atoms with van der Waals surface area (Å²) in [6, 6.07) is 22.2. The molecule has 33 heavy (non-hydrogen) atoms. The van der Waals surface area contributed by atoms with E-state index >= 15 is 0 Å². The van der Waals surface area contributed by atoms with Gasteiger partial charge < -0.3 is 19.6 Å². The Morgan fingerprint density at radius 1 is 0.818 bits per heavy atom. The lowest BCUT2D eigenvalue weighted by Crippen LogP contribution is -2.08. The Hall–Kier alpha value is -3.93. The van der Waals surface area contributed by atoms with Gasteiger partial charge in [0.05, 0.1) is 23.7 Å². The Morgan fingerprint density at radius 3 is 1.94 bits per heavy atom. The van der Waals surface area contributed by atoms with Crippen LogP contribution in [0.1, 0.15) is 6.92 Å². The first-order valence-electron chi connectivity index (χ1n) is 11.0. The molecule has 0 saturated carbocycles. The van der Waals surface area contributed by atoms with E-state index < -0.39 is 0 Å². The number of hydrogen-bond donors (Lipinski definition) is 1. The largest absolute Gasteiger partial charge is 0.504 e. The van der Waals surface area contributed by atoms with Crippen molar-refractivity contribution in [3.8, 4) is 39.7 Å². The zero-order valence-corrected chi connectivity index (χ0v) is 19.8. The van der Waals surface area contributed by atoms with E-state index in [-0.39, 0.29) is 5.75 Å². The molecule has 0 bridgehead atoms. The highest BCUT2D eigenvalue weighted by molar-refractivity contribution is 5.81. The summed E-state index contributed by atoms with van der Waals surface area (Å²) in [4.78, 5) is 8.96. The van der Waals surface area contributed by atoms with E-state index in [1.54, 1.807) is 6.07 Å². The Kier molecular flexibility index (Phi) is 6.27. The third-order valence-corrected chi connectivity index (χ3v) is 5.60. The zero-order chi connectivity index (χ0) is 23.5. The SMILES string of the molecule is CCOc1cc(-n2cnc(-c3ccc(N(C)C)cc3)c2-c2ccc(N(C)C)cc2)ccc1O. The van der Waals surface area contributed by atoms with Crippen LogP contribution in [0.15, 0.2) is 73.1 Å². The van der Waals surface area contributed by atoms with Crippen molar-refractivity contribution < 1.29 is 9.84 Å². The summed E-state index contributed by atoms with van der Waals surface area (Å²) in [5.41, 5.74) is 7.09. The second-order valence-electron chi connectivity index (χ2n) is 8.28. The van der Waals surface area contributed by atoms with Crippen LogP contribution in [0.4, 0.5) is 11.4 Å². The van der Waals surface area contributed by atoms with Crippen LogP contribution >= 0.6 is 0 Å². The zero-order valence-electron chi connectivity index (χ0n) is 19.8. The van der Waals surface area contributed by atoms with Crippen molar-refractivity contribution in [1.29, 1.82) is 0 Å². The highest BCUT2D eigenvalue weighted by atomic mass is 16.5. The van der Waals surface area contributed by atoms with Gasteiger partial charge in [-0.25, -0.2) is 4.98 Å². The fraction of sp³-hybridized carbons (Fsp3) is 0.222. The number of imidazole rings is 1. The van der Waals surface area contributed by atoms with Crippen molar-refractivity contribution in [2.45, 2.75) is 6.92 Å². The monoisotopic (exact) mass is 442 g/mol. The Balaban J connectivity index is 1.88. The maximum atomic E-state index is 10.2. The fourth-order valence-corrected chi connectivity index (χ4v) is 3.79. The highest BCUT2D eigenvalue weighted by Gasteiger charge is 2.18. The third-order valence-electron chi connectivity index (χ3n) is 5.60. The smallest absolute Gasteiger partial charge is 0.162 e. The Bertz CT molecular complexity index is 1230. The number of hydrogen-bond acceptors (Lipinski definition) is 5. The minimum Gasteiger partial charge on any atom is -0.504 e. The van der Waals surface area contributed by atoms with Crippen LogP contribution in [-0.4, -0.2) is 49.5 Å². The van der Waals surface area contributed by atoms with Crippen LogP contribution in [-0.2, 0) is 0 Å². The summed E-state index contributed by atoms with van der Waals surface area (Å²) in [5.74, 6) is 0.576. The first kappa shape index (κ1) is 22.3. The summed E-state index contributed by atoms with van der Waals surface area (Å²) in [6.45, 7) is 2.37. The molecule has 4 rings (SSSR count). The topological polar surface area (TPSA) is 53.8 Å². The van der Waals surface area contributed by atoms with Gasteiger partial charge in [-0.1, -0.05) is 24.3 Å². The maximum Gasteiger partial charge on any atom is 0.162 e. The summed E-state index contributed by atoms with van der Waals surface area (Å²) in [7, 11) is 8.12. The molecule has 6 heteroatoms. The molecular formula is C27H30N4O2. The molecule has 1 N–H and O–H groups in total. The molecule has 0 spiro atoms. The minimum atomic E-state index is 0.122. The number of rotatable bonds is 7. The lowest BCUT2D eigenvalue weighted by atomic mass is 10.0. The average Bonchev–Trinajstić information content (AvgIpc) is 3.26. The lowest BCUT2D eigenvalue weighted by molar-refractivity contribution is 0.318. The van der Waals surface area contributed by atoms with Crippen molar-refractivity contribution >= 4 is 11.4 Å². The van der Waals surface area contributed by atoms with Crippen molar-refractivity contribution in [1.82, 2.24) is 9.55 Å². The standard InChI is InChI=1S/C27H30N4O2/c1-6-33-25-17-23(15-16-24(25)32)31-18-28-26(19-7-11-21(12-8-19)29(2)3)27(31)20-9-13-22(14-10-20)30(4)5/h7-18,32H,6H2,1-5H3. The van der Waals surface area contributed by atoms with E-state index in [0.717, 1.165) is 39.6 Å². The number of phenolic OH excluding ortho intramolecular Hbond substituents is 1. The number of nitrogens with zero attached hydrogens (tertiary/aromatic N) is 4. The predicted molar refractivity (Wildman–Crippen MR) is 136 cm³/mol. The van der Waals surface area contributed by atoms with E-state index in [4.69, 9.17) is 9.72 Å². The first-order valence-corrected chi connectivity index (χ1v) is 11.0. The van der Waals surface area contributed by atoms with Crippen LogP contribution in [0, 0.1) is 0 Å². The quantitative estimate of drug-likeness (QED) is 0.413. The van der Waals surface area contributed by atoms with Crippen LogP contribution in [0.25, 0.3) is 28.2 Å². The van der Waals surface area contributed by atoms with Gasteiger partial charge in [0.2, 0.25) is 0 Å². The number of phenols is 1. The molecule has 0 aliphatic heterocycles. The number of ether oxygens (including phenoxy) is 1. The number of aromatic nitrogens is 2. The molecule has 0 saturated heterocycles. The molecule has 4 aromatic rings. The van der Waals surface area contributed by atoms with Gasteiger partial charge in [0.1, 0.15) is 6.33 Å².